The number of carbonyl (C=O) groups excluding carboxylic acids is 1. The molecule has 3 rings (SSSR count). The summed E-state index contributed by atoms with van der Waals surface area (Å²) in [5.41, 5.74) is 2.94. The molecule has 2 aromatic rings. The highest BCUT2D eigenvalue weighted by Gasteiger charge is 2.29. The summed E-state index contributed by atoms with van der Waals surface area (Å²) in [6, 6.07) is 10.4. The molecule has 0 fully saturated rings. The molecule has 0 atom stereocenters. The van der Waals surface area contributed by atoms with Gasteiger partial charge in [-0.25, -0.2) is 0 Å². The van der Waals surface area contributed by atoms with Crippen molar-refractivity contribution in [2.75, 3.05) is 11.9 Å². The van der Waals surface area contributed by atoms with E-state index in [0.717, 1.165) is 30.8 Å². The minimum Gasteiger partial charge on any atom is -0.367 e. The fourth-order valence-corrected chi connectivity index (χ4v) is 2.62. The molecule has 132 valence electrons. The Morgan fingerprint density at radius 1 is 1.08 bits per heavy atom. The standard InChI is InChI=1S/C18H17F3N2O2/c19-18(20,21)15-4-1-12(2-5-15)10-25-11-17(24)23-16-6-3-13-8-22-9-14(13)7-16/h1-7,22H,8-11H2,(H,23,24). The van der Waals surface area contributed by atoms with E-state index in [9.17, 15) is 18.0 Å². The molecule has 1 amide bonds. The summed E-state index contributed by atoms with van der Waals surface area (Å²) in [4.78, 5) is 11.9. The molecule has 2 aromatic carbocycles. The zero-order chi connectivity index (χ0) is 17.9. The first kappa shape index (κ1) is 17.4. The second-order valence-electron chi connectivity index (χ2n) is 5.82. The van der Waals surface area contributed by atoms with Crippen LogP contribution in [-0.2, 0) is 35.4 Å². The summed E-state index contributed by atoms with van der Waals surface area (Å²) < 4.78 is 42.7. The van der Waals surface area contributed by atoms with Crippen LogP contribution in [0.25, 0.3) is 0 Å². The van der Waals surface area contributed by atoms with Crippen molar-refractivity contribution in [2.24, 2.45) is 0 Å². The summed E-state index contributed by atoms with van der Waals surface area (Å²) in [7, 11) is 0. The fraction of sp³-hybridized carbons (Fsp3) is 0.278. The van der Waals surface area contributed by atoms with Crippen LogP contribution in [0.5, 0.6) is 0 Å². The van der Waals surface area contributed by atoms with Crippen molar-refractivity contribution in [1.29, 1.82) is 0 Å². The Morgan fingerprint density at radius 2 is 1.80 bits per heavy atom. The average Bonchev–Trinajstić information content (AvgIpc) is 3.02. The predicted molar refractivity (Wildman–Crippen MR) is 86.7 cm³/mol. The van der Waals surface area contributed by atoms with E-state index in [1.807, 2.05) is 18.2 Å². The van der Waals surface area contributed by atoms with Crippen LogP contribution in [0.15, 0.2) is 42.5 Å². The van der Waals surface area contributed by atoms with E-state index >= 15 is 0 Å². The highest BCUT2D eigenvalue weighted by atomic mass is 19.4. The topological polar surface area (TPSA) is 50.4 Å². The number of hydrogen-bond donors (Lipinski definition) is 2. The number of hydrogen-bond acceptors (Lipinski definition) is 3. The van der Waals surface area contributed by atoms with Crippen molar-refractivity contribution in [1.82, 2.24) is 5.32 Å². The summed E-state index contributed by atoms with van der Waals surface area (Å²) in [6.45, 7) is 1.51. The van der Waals surface area contributed by atoms with E-state index in [0.29, 0.717) is 11.3 Å². The van der Waals surface area contributed by atoms with E-state index in [-0.39, 0.29) is 19.1 Å². The zero-order valence-electron chi connectivity index (χ0n) is 13.3. The third-order valence-electron chi connectivity index (χ3n) is 3.90. The lowest BCUT2D eigenvalue weighted by Gasteiger charge is -2.09. The third-order valence-corrected chi connectivity index (χ3v) is 3.90. The largest absolute Gasteiger partial charge is 0.416 e. The Hall–Kier alpha value is -2.38. The van der Waals surface area contributed by atoms with Crippen molar-refractivity contribution < 1.29 is 22.7 Å². The second-order valence-corrected chi connectivity index (χ2v) is 5.82. The van der Waals surface area contributed by atoms with Crippen LogP contribution in [0.2, 0.25) is 0 Å². The first-order valence-corrected chi connectivity index (χ1v) is 7.78. The molecular weight excluding hydrogens is 333 g/mol. The van der Waals surface area contributed by atoms with Gasteiger partial charge in [-0.3, -0.25) is 4.79 Å². The van der Waals surface area contributed by atoms with Crippen LogP contribution in [0.3, 0.4) is 0 Å². The molecule has 4 nitrogen and oxygen atoms in total. The number of nitrogens with one attached hydrogen (secondary N) is 2. The molecule has 25 heavy (non-hydrogen) atoms. The predicted octanol–water partition coefficient (Wildman–Crippen LogP) is 3.46. The Kier molecular flexibility index (Phi) is 5.06. The Bertz CT molecular complexity index is 758. The Balaban J connectivity index is 1.46. The lowest BCUT2D eigenvalue weighted by molar-refractivity contribution is -0.137. The van der Waals surface area contributed by atoms with E-state index < -0.39 is 11.7 Å². The summed E-state index contributed by atoms with van der Waals surface area (Å²) >= 11 is 0. The molecule has 1 aliphatic rings. The quantitative estimate of drug-likeness (QED) is 0.868. The van der Waals surface area contributed by atoms with Crippen molar-refractivity contribution in [2.45, 2.75) is 25.9 Å². The van der Waals surface area contributed by atoms with Gasteiger partial charge in [0.2, 0.25) is 5.91 Å². The van der Waals surface area contributed by atoms with Gasteiger partial charge >= 0.3 is 6.18 Å². The van der Waals surface area contributed by atoms with E-state index in [1.165, 1.54) is 17.7 Å². The average molecular weight is 350 g/mol. The lowest BCUT2D eigenvalue weighted by atomic mass is 10.1. The zero-order valence-corrected chi connectivity index (χ0v) is 13.3. The van der Waals surface area contributed by atoms with Crippen LogP contribution >= 0.6 is 0 Å². The molecule has 1 aliphatic heterocycles. The number of benzene rings is 2. The SMILES string of the molecule is O=C(COCc1ccc(C(F)(F)F)cc1)Nc1ccc2c(c1)CNC2. The molecular formula is C18H17F3N2O2. The number of carbonyl (C=O) groups is 1. The number of ether oxygens (including phenoxy) is 1. The third kappa shape index (κ3) is 4.58. The highest BCUT2D eigenvalue weighted by molar-refractivity contribution is 5.91. The monoisotopic (exact) mass is 350 g/mol. The number of anilines is 1. The first-order chi connectivity index (χ1) is 11.9. The maximum atomic E-state index is 12.5. The second kappa shape index (κ2) is 7.25. The van der Waals surface area contributed by atoms with Gasteiger partial charge in [-0.15, -0.1) is 0 Å². The molecule has 2 N–H and O–H groups in total. The van der Waals surface area contributed by atoms with Gasteiger partial charge < -0.3 is 15.4 Å². The van der Waals surface area contributed by atoms with Gasteiger partial charge in [0.15, 0.2) is 0 Å². The van der Waals surface area contributed by atoms with Crippen molar-refractivity contribution >= 4 is 11.6 Å². The molecule has 0 bridgehead atoms. The maximum absolute atomic E-state index is 12.5. The van der Waals surface area contributed by atoms with Crippen LogP contribution < -0.4 is 10.6 Å². The van der Waals surface area contributed by atoms with Gasteiger partial charge in [0, 0.05) is 18.8 Å². The molecule has 0 aliphatic carbocycles. The summed E-state index contributed by atoms with van der Waals surface area (Å²) in [5, 5.41) is 5.97. The van der Waals surface area contributed by atoms with Crippen LogP contribution in [-0.4, -0.2) is 12.5 Å². The molecule has 0 radical (unpaired) electrons. The maximum Gasteiger partial charge on any atom is 0.416 e. The van der Waals surface area contributed by atoms with E-state index in [2.05, 4.69) is 10.6 Å². The number of rotatable bonds is 5. The van der Waals surface area contributed by atoms with Gasteiger partial charge in [-0.2, -0.15) is 13.2 Å². The van der Waals surface area contributed by atoms with Crippen LogP contribution in [0.1, 0.15) is 22.3 Å². The minimum absolute atomic E-state index is 0.0691. The van der Waals surface area contributed by atoms with Crippen molar-refractivity contribution in [3.05, 3.63) is 64.7 Å². The lowest BCUT2D eigenvalue weighted by Crippen LogP contribution is -2.18. The molecule has 0 spiro atoms. The molecule has 0 saturated heterocycles. The van der Waals surface area contributed by atoms with Gasteiger partial charge in [0.25, 0.3) is 0 Å². The van der Waals surface area contributed by atoms with Gasteiger partial charge in [-0.05, 0) is 41.0 Å². The molecule has 7 heteroatoms. The van der Waals surface area contributed by atoms with Crippen molar-refractivity contribution in [3.8, 4) is 0 Å². The van der Waals surface area contributed by atoms with Crippen molar-refractivity contribution in [3.63, 3.8) is 0 Å². The van der Waals surface area contributed by atoms with Gasteiger partial charge in [0.05, 0.1) is 12.2 Å². The van der Waals surface area contributed by atoms with Gasteiger partial charge in [0.1, 0.15) is 6.61 Å². The minimum atomic E-state index is -4.36. The van der Waals surface area contributed by atoms with Crippen LogP contribution in [0, 0.1) is 0 Å². The number of halogens is 3. The summed E-state index contributed by atoms with van der Waals surface area (Å²) in [6.07, 6.45) is -4.36. The smallest absolute Gasteiger partial charge is 0.367 e. The van der Waals surface area contributed by atoms with Crippen LogP contribution in [0.4, 0.5) is 18.9 Å². The normalized spacial score (nSPS) is 13.6. The van der Waals surface area contributed by atoms with E-state index in [4.69, 9.17) is 4.74 Å². The Morgan fingerprint density at radius 3 is 2.52 bits per heavy atom. The summed E-state index contributed by atoms with van der Waals surface area (Å²) in [5.74, 6) is -0.308. The first-order valence-electron chi connectivity index (χ1n) is 7.78. The molecule has 0 unspecified atom stereocenters. The number of alkyl halides is 3. The molecule has 1 heterocycles. The van der Waals surface area contributed by atoms with E-state index in [1.54, 1.807) is 0 Å². The molecule has 0 saturated carbocycles. The molecule has 0 aromatic heterocycles. The highest BCUT2D eigenvalue weighted by Crippen LogP contribution is 2.29. The fourth-order valence-electron chi connectivity index (χ4n) is 2.62. The number of fused-ring (bicyclic) bond motifs is 1. The number of amides is 1. The van der Waals surface area contributed by atoms with Gasteiger partial charge in [-0.1, -0.05) is 18.2 Å². The Labute approximate surface area is 143 Å².